The van der Waals surface area contributed by atoms with Crippen LogP contribution in [0, 0.1) is 11.8 Å². The first-order chi connectivity index (χ1) is 14.0. The third-order valence-corrected chi connectivity index (χ3v) is 5.37. The maximum absolute atomic E-state index is 11.6. The van der Waals surface area contributed by atoms with Crippen LogP contribution in [0.25, 0.3) is 0 Å². The van der Waals surface area contributed by atoms with Gasteiger partial charge in [0.2, 0.25) is 0 Å². The van der Waals surface area contributed by atoms with Crippen molar-refractivity contribution in [1.29, 1.82) is 0 Å². The van der Waals surface area contributed by atoms with Gasteiger partial charge in [-0.25, -0.2) is 9.59 Å². The molecule has 0 aromatic carbocycles. The monoisotopic (exact) mass is 396 g/mol. The van der Waals surface area contributed by atoms with Crippen LogP contribution in [0.15, 0.2) is 71.3 Å². The summed E-state index contributed by atoms with van der Waals surface area (Å²) in [5.74, 6) is 0.950. The lowest BCUT2D eigenvalue weighted by molar-refractivity contribution is -0.144. The second-order valence-electron chi connectivity index (χ2n) is 7.54. The molecule has 0 fully saturated rings. The van der Waals surface area contributed by atoms with Gasteiger partial charge in [-0.05, 0) is 38.2 Å². The van der Waals surface area contributed by atoms with Gasteiger partial charge in [-0.3, -0.25) is 0 Å². The molecule has 2 aliphatic heterocycles. The van der Waals surface area contributed by atoms with Crippen molar-refractivity contribution in [2.75, 3.05) is 13.2 Å². The van der Waals surface area contributed by atoms with E-state index in [0.29, 0.717) is 31.2 Å². The Labute approximate surface area is 169 Å². The molecule has 4 atom stereocenters. The quantitative estimate of drug-likeness (QED) is 0.507. The zero-order valence-corrected chi connectivity index (χ0v) is 16.5. The molecule has 0 radical (unpaired) electrons. The Kier molecular flexibility index (Phi) is 5.43. The van der Waals surface area contributed by atoms with Crippen molar-refractivity contribution in [3.8, 4) is 0 Å². The number of rotatable bonds is 6. The Morgan fingerprint density at radius 3 is 1.69 bits per heavy atom. The lowest BCUT2D eigenvalue weighted by Gasteiger charge is -2.29. The van der Waals surface area contributed by atoms with Gasteiger partial charge in [0.05, 0.1) is 13.2 Å². The molecular formula is C23H24O6. The van der Waals surface area contributed by atoms with E-state index in [1.807, 2.05) is 50.3 Å². The lowest BCUT2D eigenvalue weighted by Crippen LogP contribution is -2.31. The van der Waals surface area contributed by atoms with E-state index in [2.05, 4.69) is 0 Å². The van der Waals surface area contributed by atoms with Crippen molar-refractivity contribution in [3.63, 3.8) is 0 Å². The fraction of sp³-hybridized carbons (Fsp3) is 0.391. The smallest absolute Gasteiger partial charge is 0.331 e. The first-order valence-electron chi connectivity index (χ1n) is 9.83. The third-order valence-electron chi connectivity index (χ3n) is 5.37. The third kappa shape index (κ3) is 4.36. The van der Waals surface area contributed by atoms with Gasteiger partial charge in [0.15, 0.2) is 0 Å². The molecule has 0 aromatic heterocycles. The van der Waals surface area contributed by atoms with E-state index in [0.717, 1.165) is 11.1 Å². The summed E-state index contributed by atoms with van der Waals surface area (Å²) < 4.78 is 22.3. The van der Waals surface area contributed by atoms with E-state index in [-0.39, 0.29) is 36.0 Å². The molecule has 0 spiro atoms. The molecule has 0 bridgehead atoms. The van der Waals surface area contributed by atoms with Crippen LogP contribution in [-0.2, 0) is 28.5 Å². The Morgan fingerprint density at radius 1 is 0.793 bits per heavy atom. The van der Waals surface area contributed by atoms with Gasteiger partial charge in [0.25, 0.3) is 0 Å². The highest BCUT2D eigenvalue weighted by atomic mass is 16.6. The Bertz CT molecular complexity index is 813. The molecule has 6 heteroatoms. The molecule has 4 rings (SSSR count). The number of carbonyl (C=O) groups excluding carboxylic acids is 2. The Morgan fingerprint density at radius 2 is 1.24 bits per heavy atom. The van der Waals surface area contributed by atoms with Crippen LogP contribution in [-0.4, -0.2) is 37.4 Å². The minimum absolute atomic E-state index is 0.0876. The maximum Gasteiger partial charge on any atom is 0.331 e. The molecule has 0 unspecified atom stereocenters. The standard InChI is InChI=1S/C23H24O6/c1-14-10-22(24)28-20-12-16(4-6-18(14)20)26-8-3-9-27-17-5-7-19-15(2)11-23(25)29-21(19)13-17/h4-7,10-13,18-21H,3,8-9H2,1-2H3/t18-,19+,20+,21-. The fourth-order valence-electron chi connectivity index (χ4n) is 3.83. The molecule has 4 aliphatic rings. The largest absolute Gasteiger partial charge is 0.494 e. The van der Waals surface area contributed by atoms with E-state index in [1.165, 1.54) is 12.2 Å². The molecule has 0 saturated carbocycles. The van der Waals surface area contributed by atoms with Gasteiger partial charge in [-0.2, -0.15) is 0 Å². The number of hydrogen-bond acceptors (Lipinski definition) is 6. The molecule has 29 heavy (non-hydrogen) atoms. The number of esters is 2. The zero-order chi connectivity index (χ0) is 20.4. The van der Waals surface area contributed by atoms with Crippen LogP contribution in [0.1, 0.15) is 20.3 Å². The molecule has 0 aromatic rings. The summed E-state index contributed by atoms with van der Waals surface area (Å²) >= 11 is 0. The van der Waals surface area contributed by atoms with Crippen LogP contribution in [0.4, 0.5) is 0 Å². The highest BCUT2D eigenvalue weighted by Gasteiger charge is 2.31. The summed E-state index contributed by atoms with van der Waals surface area (Å²) in [5.41, 5.74) is 1.99. The van der Waals surface area contributed by atoms with Gasteiger partial charge in [-0.15, -0.1) is 0 Å². The van der Waals surface area contributed by atoms with Gasteiger partial charge in [-0.1, -0.05) is 23.3 Å². The molecule has 2 aliphatic carbocycles. The SMILES string of the molecule is CC1=CC(=O)O[C@H]2C=C(OCCCOC3=C[C@H]4OC(=O)C=C(C)[C@@H]4C=C3)C=C[C@H]12. The number of fused-ring (bicyclic) bond motifs is 2. The molecule has 0 N–H and O–H groups in total. The topological polar surface area (TPSA) is 71.1 Å². The summed E-state index contributed by atoms with van der Waals surface area (Å²) in [6.45, 7) is 4.83. The van der Waals surface area contributed by atoms with Crippen molar-refractivity contribution >= 4 is 11.9 Å². The van der Waals surface area contributed by atoms with E-state index in [4.69, 9.17) is 18.9 Å². The van der Waals surface area contributed by atoms with Crippen LogP contribution < -0.4 is 0 Å². The first-order valence-corrected chi connectivity index (χ1v) is 9.83. The van der Waals surface area contributed by atoms with Crippen molar-refractivity contribution in [1.82, 2.24) is 0 Å². The molecule has 0 amide bonds. The normalized spacial score (nSPS) is 30.0. The van der Waals surface area contributed by atoms with Crippen molar-refractivity contribution < 1.29 is 28.5 Å². The number of carbonyl (C=O) groups is 2. The highest BCUT2D eigenvalue weighted by Crippen LogP contribution is 2.31. The number of allylic oxidation sites excluding steroid dienone is 2. The van der Waals surface area contributed by atoms with E-state index in [9.17, 15) is 9.59 Å². The Hall–Kier alpha value is -3.02. The van der Waals surface area contributed by atoms with Crippen molar-refractivity contribution in [2.45, 2.75) is 32.5 Å². The average molecular weight is 396 g/mol. The summed E-state index contributed by atoms with van der Waals surface area (Å²) in [7, 11) is 0. The summed E-state index contributed by atoms with van der Waals surface area (Å²) in [4.78, 5) is 23.1. The van der Waals surface area contributed by atoms with Crippen LogP contribution in [0.3, 0.4) is 0 Å². The molecule has 2 heterocycles. The predicted molar refractivity (Wildman–Crippen MR) is 105 cm³/mol. The summed E-state index contributed by atoms with van der Waals surface area (Å²) in [6.07, 6.45) is 14.7. The van der Waals surface area contributed by atoms with Crippen LogP contribution in [0.2, 0.25) is 0 Å². The first kappa shape index (κ1) is 19.3. The average Bonchev–Trinajstić information content (AvgIpc) is 2.67. The predicted octanol–water partition coefficient (Wildman–Crippen LogP) is 3.29. The second-order valence-corrected chi connectivity index (χ2v) is 7.54. The lowest BCUT2D eigenvalue weighted by atomic mass is 9.88. The van der Waals surface area contributed by atoms with Crippen molar-refractivity contribution in [3.05, 3.63) is 71.3 Å². The zero-order valence-electron chi connectivity index (χ0n) is 16.5. The van der Waals surface area contributed by atoms with Crippen LogP contribution in [0.5, 0.6) is 0 Å². The van der Waals surface area contributed by atoms with E-state index < -0.39 is 0 Å². The Balaban J connectivity index is 1.21. The van der Waals surface area contributed by atoms with E-state index >= 15 is 0 Å². The van der Waals surface area contributed by atoms with E-state index in [1.54, 1.807) is 0 Å². The van der Waals surface area contributed by atoms with Gasteiger partial charge < -0.3 is 18.9 Å². The van der Waals surface area contributed by atoms with Gasteiger partial charge in [0, 0.05) is 30.4 Å². The van der Waals surface area contributed by atoms with Gasteiger partial charge >= 0.3 is 11.9 Å². The number of ether oxygens (including phenoxy) is 4. The summed E-state index contributed by atoms with van der Waals surface area (Å²) in [5, 5.41) is 0. The highest BCUT2D eigenvalue weighted by molar-refractivity contribution is 5.85. The minimum Gasteiger partial charge on any atom is -0.494 e. The van der Waals surface area contributed by atoms with Crippen molar-refractivity contribution in [2.24, 2.45) is 11.8 Å². The summed E-state index contributed by atoms with van der Waals surface area (Å²) in [6, 6.07) is 0. The minimum atomic E-state index is -0.312. The fourth-order valence-corrected chi connectivity index (χ4v) is 3.83. The van der Waals surface area contributed by atoms with Crippen LogP contribution >= 0.6 is 0 Å². The van der Waals surface area contributed by atoms with Gasteiger partial charge in [0.1, 0.15) is 23.7 Å². The molecule has 0 saturated heterocycles. The molecule has 6 nitrogen and oxygen atoms in total. The molecule has 152 valence electrons. The number of hydrogen-bond donors (Lipinski definition) is 0. The molecular weight excluding hydrogens is 372 g/mol. The second kappa shape index (κ2) is 8.15. The maximum atomic E-state index is 11.6.